The van der Waals surface area contributed by atoms with Crippen LogP contribution in [0.3, 0.4) is 0 Å². The molecule has 7 heterocycles. The molecule has 36 heavy (non-hydrogen) atoms. The molecule has 0 saturated carbocycles. The molecule has 7 rings (SSSR count). The van der Waals surface area contributed by atoms with Crippen molar-refractivity contribution in [2.45, 2.75) is 11.3 Å². The molecule has 180 valence electrons. The molecule has 6 aromatic heterocycles. The first kappa shape index (κ1) is 20.7. The molecule has 1 aliphatic heterocycles. The summed E-state index contributed by atoms with van der Waals surface area (Å²) >= 11 is 2.73. The summed E-state index contributed by atoms with van der Waals surface area (Å²) in [5.41, 5.74) is -3.47. The van der Waals surface area contributed by atoms with Gasteiger partial charge in [0.2, 0.25) is 16.8 Å². The van der Waals surface area contributed by atoms with Crippen molar-refractivity contribution in [3.8, 4) is 5.88 Å². The number of aromatic amines is 2. The molecular formula is C18H12N12O4S2. The highest BCUT2D eigenvalue weighted by atomic mass is 32.1. The van der Waals surface area contributed by atoms with Gasteiger partial charge in [0.1, 0.15) is 23.2 Å². The van der Waals surface area contributed by atoms with E-state index in [1.54, 1.807) is 16.6 Å². The highest BCUT2D eigenvalue weighted by Gasteiger charge is 2.77. The van der Waals surface area contributed by atoms with E-state index >= 15 is 0 Å². The molecular weight excluding hydrogens is 512 g/mol. The molecule has 0 radical (unpaired) electrons. The number of hydrogen-bond acceptors (Lipinski definition) is 16. The van der Waals surface area contributed by atoms with Gasteiger partial charge in [0.15, 0.2) is 0 Å². The molecule has 1 aliphatic rings. The number of hydrogen-bond donors (Lipinski definition) is 2. The van der Waals surface area contributed by atoms with Crippen molar-refractivity contribution in [2.24, 2.45) is 0 Å². The molecule has 2 N–H and O–H groups in total. The normalized spacial score (nSPS) is 21.9. The summed E-state index contributed by atoms with van der Waals surface area (Å²) in [5.74, 6) is 0.170. The van der Waals surface area contributed by atoms with Gasteiger partial charge in [-0.1, -0.05) is 0 Å². The molecule has 2 unspecified atom stereocenters. The van der Waals surface area contributed by atoms with Gasteiger partial charge in [0.25, 0.3) is 11.5 Å². The number of rotatable bonds is 7. The van der Waals surface area contributed by atoms with Gasteiger partial charge in [-0.2, -0.15) is 25.6 Å². The second-order valence-corrected chi connectivity index (χ2v) is 8.93. The molecule has 0 aliphatic carbocycles. The smallest absolute Gasteiger partial charge is 0.316 e. The third-order valence-corrected chi connectivity index (χ3v) is 6.87. The Hall–Kier alpha value is -4.68. The van der Waals surface area contributed by atoms with Crippen molar-refractivity contribution in [1.29, 1.82) is 0 Å². The number of thiazole rings is 1. The lowest BCUT2D eigenvalue weighted by Crippen LogP contribution is -2.61. The predicted octanol–water partition coefficient (Wildman–Crippen LogP) is 1.86. The van der Waals surface area contributed by atoms with Crippen molar-refractivity contribution in [2.75, 3.05) is 10.2 Å². The highest BCUT2D eigenvalue weighted by molar-refractivity contribution is 7.14. The van der Waals surface area contributed by atoms with Crippen LogP contribution in [0.4, 0.5) is 10.1 Å². The number of H-pyrrole nitrogens is 2. The van der Waals surface area contributed by atoms with E-state index in [0.717, 1.165) is 0 Å². The first-order chi connectivity index (χ1) is 17.8. The maximum atomic E-state index is 6.76. The van der Waals surface area contributed by atoms with Gasteiger partial charge in [-0.05, 0) is 27.9 Å². The van der Waals surface area contributed by atoms with Crippen molar-refractivity contribution in [1.82, 2.24) is 51.2 Å². The van der Waals surface area contributed by atoms with Gasteiger partial charge >= 0.3 is 5.72 Å². The molecule has 1 fully saturated rings. The van der Waals surface area contributed by atoms with Gasteiger partial charge < -0.3 is 13.7 Å². The maximum absolute atomic E-state index is 6.76. The van der Waals surface area contributed by atoms with Gasteiger partial charge in [0, 0.05) is 17.6 Å². The SMILES string of the molecule is c1csc(N2OC(c3cn[nH]n3)(c3ncco3)C(Oc3ccon3)(c3nn[nH]n3)N2c2nccs2)c1. The molecule has 1 saturated heterocycles. The first-order valence-electron chi connectivity index (χ1n) is 10.1. The second kappa shape index (κ2) is 7.93. The van der Waals surface area contributed by atoms with Gasteiger partial charge in [-0.15, -0.1) is 38.0 Å². The number of nitrogens with zero attached hydrogens (tertiary/aromatic N) is 10. The van der Waals surface area contributed by atoms with Crippen LogP contribution in [0.25, 0.3) is 0 Å². The zero-order valence-corrected chi connectivity index (χ0v) is 19.3. The van der Waals surface area contributed by atoms with Crippen molar-refractivity contribution in [3.63, 3.8) is 0 Å². The van der Waals surface area contributed by atoms with Crippen LogP contribution in [0.5, 0.6) is 5.88 Å². The fourth-order valence-electron chi connectivity index (χ4n) is 3.97. The predicted molar refractivity (Wildman–Crippen MR) is 119 cm³/mol. The van der Waals surface area contributed by atoms with E-state index in [9.17, 15) is 0 Å². The Balaban J connectivity index is 1.62. The number of thiophene rings is 1. The Labute approximate surface area is 207 Å². The van der Waals surface area contributed by atoms with Crippen LogP contribution in [0.1, 0.15) is 17.4 Å². The monoisotopic (exact) mass is 524 g/mol. The minimum absolute atomic E-state index is 0.0287. The highest BCUT2D eigenvalue weighted by Crippen LogP contribution is 2.58. The minimum atomic E-state index is -1.89. The van der Waals surface area contributed by atoms with Crippen molar-refractivity contribution < 1.29 is 18.5 Å². The molecule has 16 nitrogen and oxygen atoms in total. The number of nitrogens with one attached hydrogen (secondary N) is 2. The summed E-state index contributed by atoms with van der Waals surface area (Å²) in [5, 5.41) is 37.8. The van der Waals surface area contributed by atoms with E-state index in [2.05, 4.69) is 51.2 Å². The molecule has 0 amide bonds. The van der Waals surface area contributed by atoms with Crippen LogP contribution in [0.15, 0.2) is 69.0 Å². The van der Waals surface area contributed by atoms with E-state index in [4.69, 9.17) is 18.5 Å². The van der Waals surface area contributed by atoms with Gasteiger partial charge in [0.05, 0.1) is 12.4 Å². The summed E-state index contributed by atoms with van der Waals surface area (Å²) in [6, 6.07) is 5.26. The number of ether oxygens (including phenoxy) is 1. The molecule has 2 atom stereocenters. The summed E-state index contributed by atoms with van der Waals surface area (Å²) in [6.45, 7) is 0. The van der Waals surface area contributed by atoms with E-state index < -0.39 is 11.3 Å². The Morgan fingerprint density at radius 1 is 1.03 bits per heavy atom. The summed E-state index contributed by atoms with van der Waals surface area (Å²) < 4.78 is 17.6. The molecule has 0 bridgehead atoms. The maximum Gasteiger partial charge on any atom is 0.316 e. The molecule has 6 aromatic rings. The van der Waals surface area contributed by atoms with Crippen LogP contribution in [-0.4, -0.2) is 51.2 Å². The zero-order chi connectivity index (χ0) is 24.0. The lowest BCUT2D eigenvalue weighted by molar-refractivity contribution is -0.116. The van der Waals surface area contributed by atoms with Crippen molar-refractivity contribution >= 4 is 32.8 Å². The van der Waals surface area contributed by atoms with Crippen LogP contribution in [0, 0.1) is 0 Å². The standard InChI is InChI=1S/C18H12N12O4S2/c1-2-13(35-8-1)30-29(16-20-5-9-36-16)18(14-23-27-28-24-14,33-12-3-6-32-25-12)17(34-30,11-10-21-26-22-11)15-19-4-7-31-15/h1-10H,(H,21,22,26)(H,23,24,27,28). The second-order valence-electron chi connectivity index (χ2n) is 7.13. The fraction of sp³-hybridized carbons (Fsp3) is 0.111. The quantitative estimate of drug-likeness (QED) is 0.308. The fourth-order valence-corrected chi connectivity index (χ4v) is 5.30. The Morgan fingerprint density at radius 3 is 2.69 bits per heavy atom. The Bertz CT molecular complexity index is 1470. The van der Waals surface area contributed by atoms with Crippen molar-refractivity contribution in [3.05, 3.63) is 77.5 Å². The molecule has 0 spiro atoms. The van der Waals surface area contributed by atoms with E-state index in [1.807, 2.05) is 17.5 Å². The first-order valence-corrected chi connectivity index (χ1v) is 11.9. The molecule has 18 heteroatoms. The lowest BCUT2D eigenvalue weighted by atomic mass is 9.85. The Kier molecular flexibility index (Phi) is 4.56. The van der Waals surface area contributed by atoms with Crippen LogP contribution >= 0.6 is 22.7 Å². The average Bonchev–Trinajstić information content (AvgIpc) is 3.76. The van der Waals surface area contributed by atoms with E-state index in [0.29, 0.717) is 10.1 Å². The summed E-state index contributed by atoms with van der Waals surface area (Å²) in [6.07, 6.45) is 7.34. The number of tetrazole rings is 1. The zero-order valence-electron chi connectivity index (χ0n) is 17.7. The number of anilines is 2. The average molecular weight is 525 g/mol. The third-order valence-electron chi connectivity index (χ3n) is 5.30. The van der Waals surface area contributed by atoms with Crippen LogP contribution in [-0.2, 0) is 16.2 Å². The largest absolute Gasteiger partial charge is 0.445 e. The van der Waals surface area contributed by atoms with Crippen LogP contribution < -0.4 is 14.9 Å². The minimum Gasteiger partial charge on any atom is -0.445 e. The molecule has 0 aromatic carbocycles. The number of hydrazine groups is 1. The summed E-state index contributed by atoms with van der Waals surface area (Å²) in [4.78, 5) is 15.7. The Morgan fingerprint density at radius 2 is 2.03 bits per heavy atom. The van der Waals surface area contributed by atoms with E-state index in [-0.39, 0.29) is 23.3 Å². The number of oxazole rings is 1. The lowest BCUT2D eigenvalue weighted by Gasteiger charge is -2.39. The van der Waals surface area contributed by atoms with Crippen LogP contribution in [0.2, 0.25) is 0 Å². The summed E-state index contributed by atoms with van der Waals surface area (Å²) in [7, 11) is 0. The topological polar surface area (TPSA) is 186 Å². The van der Waals surface area contributed by atoms with Gasteiger partial charge in [-0.3, -0.25) is 0 Å². The van der Waals surface area contributed by atoms with E-state index in [1.165, 1.54) is 58.8 Å². The number of aromatic nitrogens is 10. The van der Waals surface area contributed by atoms with Gasteiger partial charge in [-0.25, -0.2) is 14.8 Å². The third kappa shape index (κ3) is 2.76.